The fourth-order valence-corrected chi connectivity index (χ4v) is 4.83. The summed E-state index contributed by atoms with van der Waals surface area (Å²) in [6.45, 7) is 14.4. The monoisotopic (exact) mass is 580 g/mol. The summed E-state index contributed by atoms with van der Waals surface area (Å²) < 4.78 is 26.6. The number of anilines is 1. The zero-order valence-corrected chi connectivity index (χ0v) is 25.7. The van der Waals surface area contributed by atoms with E-state index in [1.54, 1.807) is 43.4 Å². The van der Waals surface area contributed by atoms with Crippen molar-refractivity contribution in [3.8, 4) is 11.1 Å². The van der Waals surface area contributed by atoms with Crippen LogP contribution < -0.4 is 10.2 Å². The number of halogens is 1. The first-order valence-corrected chi connectivity index (χ1v) is 14.2. The molecule has 0 aliphatic carbocycles. The van der Waals surface area contributed by atoms with E-state index in [9.17, 15) is 9.59 Å². The molecule has 1 saturated heterocycles. The lowest BCUT2D eigenvalue weighted by molar-refractivity contribution is 0.0209. The van der Waals surface area contributed by atoms with Crippen molar-refractivity contribution in [3.05, 3.63) is 59.3 Å². The number of hydrogen-bond donors (Lipinski definition) is 1. The van der Waals surface area contributed by atoms with Crippen molar-refractivity contribution in [2.45, 2.75) is 84.9 Å². The van der Waals surface area contributed by atoms with Crippen LogP contribution in [0.25, 0.3) is 11.1 Å². The Morgan fingerprint density at radius 1 is 1.17 bits per heavy atom. The SMILES string of the molecule is Cc1c(CNC(=O)c2nc(C(C)(C)C)no2)ccc(-c2ccncc2N2CCCC(N(C)C(=O)OC(C)(C)C)C2)c1F. The molecule has 1 unspecified atom stereocenters. The highest BCUT2D eigenvalue weighted by Crippen LogP contribution is 2.35. The largest absolute Gasteiger partial charge is 0.444 e. The van der Waals surface area contributed by atoms with Crippen LogP contribution in [-0.2, 0) is 16.7 Å². The van der Waals surface area contributed by atoms with E-state index in [1.165, 1.54) is 0 Å². The number of benzene rings is 1. The molecular weight excluding hydrogens is 539 g/mol. The number of likely N-dealkylation sites (N-methyl/N-ethyl adjacent to an activating group) is 1. The van der Waals surface area contributed by atoms with Crippen LogP contribution in [0.5, 0.6) is 0 Å². The van der Waals surface area contributed by atoms with Crippen molar-refractivity contribution < 1.29 is 23.2 Å². The summed E-state index contributed by atoms with van der Waals surface area (Å²) in [6, 6.07) is 5.28. The molecule has 1 aliphatic rings. The Kier molecular flexibility index (Phi) is 8.89. The lowest BCUT2D eigenvalue weighted by Gasteiger charge is -2.39. The smallest absolute Gasteiger partial charge is 0.410 e. The van der Waals surface area contributed by atoms with E-state index in [0.717, 1.165) is 25.1 Å². The second-order valence-corrected chi connectivity index (χ2v) is 12.8. The van der Waals surface area contributed by atoms with Gasteiger partial charge in [0.05, 0.1) is 17.9 Å². The number of rotatable bonds is 6. The van der Waals surface area contributed by atoms with Gasteiger partial charge < -0.3 is 24.4 Å². The van der Waals surface area contributed by atoms with Crippen LogP contribution in [0.2, 0.25) is 0 Å². The predicted molar refractivity (Wildman–Crippen MR) is 158 cm³/mol. The van der Waals surface area contributed by atoms with Gasteiger partial charge in [-0.05, 0) is 57.7 Å². The minimum Gasteiger partial charge on any atom is -0.444 e. The van der Waals surface area contributed by atoms with E-state index >= 15 is 4.39 Å². The minimum atomic E-state index is -0.580. The van der Waals surface area contributed by atoms with Gasteiger partial charge in [0, 0.05) is 49.4 Å². The quantitative estimate of drug-likeness (QED) is 0.398. The number of carbonyl (C=O) groups excluding carboxylic acids is 2. The summed E-state index contributed by atoms with van der Waals surface area (Å²) in [5, 5.41) is 6.63. The van der Waals surface area contributed by atoms with E-state index < -0.39 is 11.5 Å². The Morgan fingerprint density at radius 2 is 1.90 bits per heavy atom. The molecular formula is C31H41FN6O4. The summed E-state index contributed by atoms with van der Waals surface area (Å²) in [5.41, 5.74) is 2.07. The fraction of sp³-hybridized carbons (Fsp3) is 0.516. The van der Waals surface area contributed by atoms with E-state index in [0.29, 0.717) is 34.6 Å². The summed E-state index contributed by atoms with van der Waals surface area (Å²) >= 11 is 0. The average Bonchev–Trinajstić information content (AvgIpc) is 3.44. The molecule has 0 spiro atoms. The molecule has 42 heavy (non-hydrogen) atoms. The molecule has 0 radical (unpaired) electrons. The van der Waals surface area contributed by atoms with Crippen LogP contribution >= 0.6 is 0 Å². The van der Waals surface area contributed by atoms with Crippen molar-refractivity contribution in [2.75, 3.05) is 25.0 Å². The molecule has 226 valence electrons. The number of aromatic nitrogens is 3. The Bertz CT molecular complexity index is 1440. The lowest BCUT2D eigenvalue weighted by Crippen LogP contribution is -2.50. The highest BCUT2D eigenvalue weighted by molar-refractivity contribution is 5.89. The molecule has 3 aromatic rings. The molecule has 11 heteroatoms. The maximum Gasteiger partial charge on any atom is 0.410 e. The number of amides is 2. The average molecular weight is 581 g/mol. The van der Waals surface area contributed by atoms with Crippen LogP contribution in [0.4, 0.5) is 14.9 Å². The molecule has 1 N–H and O–H groups in total. The van der Waals surface area contributed by atoms with Gasteiger partial charge in [0.25, 0.3) is 0 Å². The number of piperidine rings is 1. The highest BCUT2D eigenvalue weighted by atomic mass is 19.1. The molecule has 1 atom stereocenters. The molecule has 2 amide bonds. The topological polar surface area (TPSA) is 114 Å². The van der Waals surface area contributed by atoms with E-state index in [4.69, 9.17) is 9.26 Å². The van der Waals surface area contributed by atoms with Gasteiger partial charge >= 0.3 is 17.9 Å². The van der Waals surface area contributed by atoms with Crippen LogP contribution in [0, 0.1) is 12.7 Å². The third-order valence-electron chi connectivity index (χ3n) is 7.29. The van der Waals surface area contributed by atoms with Gasteiger partial charge in [-0.3, -0.25) is 9.78 Å². The van der Waals surface area contributed by atoms with Crippen LogP contribution in [0.1, 0.15) is 82.0 Å². The number of nitrogens with zero attached hydrogens (tertiary/aromatic N) is 5. The molecule has 4 rings (SSSR count). The van der Waals surface area contributed by atoms with Gasteiger partial charge in [0.1, 0.15) is 11.4 Å². The lowest BCUT2D eigenvalue weighted by atomic mass is 9.96. The Hall–Kier alpha value is -4.02. The van der Waals surface area contributed by atoms with Gasteiger partial charge in [-0.25, -0.2) is 9.18 Å². The Balaban J connectivity index is 1.51. The van der Waals surface area contributed by atoms with Crippen molar-refractivity contribution in [1.82, 2.24) is 25.3 Å². The first-order chi connectivity index (χ1) is 19.7. The van der Waals surface area contributed by atoms with Gasteiger partial charge in [-0.15, -0.1) is 0 Å². The van der Waals surface area contributed by atoms with Crippen molar-refractivity contribution in [1.29, 1.82) is 0 Å². The normalized spacial score (nSPS) is 15.8. The standard InChI is InChI=1S/C31H41FN6O4/c1-19-20(16-34-26(39)27-35-28(36-42-27)30(2,3)4)11-12-23(25(19)32)22-13-14-33-17-24(22)38-15-9-10-21(18-38)37(8)29(40)41-31(5,6)7/h11-14,17,21H,9-10,15-16,18H2,1-8H3,(H,34,39). The van der Waals surface area contributed by atoms with Crippen LogP contribution in [0.3, 0.4) is 0 Å². The molecule has 3 heterocycles. The van der Waals surface area contributed by atoms with Gasteiger partial charge in [-0.1, -0.05) is 38.1 Å². The Morgan fingerprint density at radius 3 is 2.57 bits per heavy atom. The molecule has 2 aromatic heterocycles. The molecule has 0 bridgehead atoms. The minimum absolute atomic E-state index is 0.0578. The van der Waals surface area contributed by atoms with E-state index in [2.05, 4.69) is 25.3 Å². The van der Waals surface area contributed by atoms with E-state index in [1.807, 2.05) is 47.6 Å². The Labute approximate surface area is 246 Å². The van der Waals surface area contributed by atoms with Crippen molar-refractivity contribution in [2.24, 2.45) is 0 Å². The summed E-state index contributed by atoms with van der Waals surface area (Å²) in [5.74, 6) is -0.590. The number of carbonyl (C=O) groups is 2. The second kappa shape index (κ2) is 12.1. The van der Waals surface area contributed by atoms with Crippen LogP contribution in [-0.4, -0.2) is 63.8 Å². The fourth-order valence-electron chi connectivity index (χ4n) is 4.83. The second-order valence-electron chi connectivity index (χ2n) is 12.8. The summed E-state index contributed by atoms with van der Waals surface area (Å²) in [4.78, 5) is 37.6. The van der Waals surface area contributed by atoms with Crippen molar-refractivity contribution >= 4 is 17.7 Å². The first kappa shape index (κ1) is 30.9. The molecule has 1 fully saturated rings. The maximum absolute atomic E-state index is 15.9. The summed E-state index contributed by atoms with van der Waals surface area (Å²) in [7, 11) is 1.76. The summed E-state index contributed by atoms with van der Waals surface area (Å²) in [6.07, 6.45) is 4.73. The number of nitrogens with one attached hydrogen (secondary N) is 1. The number of ether oxygens (including phenoxy) is 1. The van der Waals surface area contributed by atoms with Crippen LogP contribution in [0.15, 0.2) is 35.1 Å². The molecule has 0 saturated carbocycles. The van der Waals surface area contributed by atoms with Gasteiger partial charge in [0.2, 0.25) is 0 Å². The van der Waals surface area contributed by atoms with Gasteiger partial charge in [-0.2, -0.15) is 4.98 Å². The third kappa shape index (κ3) is 7.06. The zero-order chi connectivity index (χ0) is 30.8. The van der Waals surface area contributed by atoms with E-state index in [-0.39, 0.29) is 35.8 Å². The molecule has 10 nitrogen and oxygen atoms in total. The highest BCUT2D eigenvalue weighted by Gasteiger charge is 2.31. The maximum atomic E-state index is 15.9. The third-order valence-corrected chi connectivity index (χ3v) is 7.29. The number of pyridine rings is 1. The molecule has 1 aliphatic heterocycles. The first-order valence-electron chi connectivity index (χ1n) is 14.2. The van der Waals surface area contributed by atoms with Crippen molar-refractivity contribution in [3.63, 3.8) is 0 Å². The van der Waals surface area contributed by atoms with Gasteiger partial charge in [0.15, 0.2) is 5.82 Å². The predicted octanol–water partition coefficient (Wildman–Crippen LogP) is 5.64. The molecule has 1 aromatic carbocycles. The number of hydrogen-bond acceptors (Lipinski definition) is 8. The zero-order valence-electron chi connectivity index (χ0n) is 25.7.